The van der Waals surface area contributed by atoms with Crippen molar-refractivity contribution in [3.63, 3.8) is 0 Å². The van der Waals surface area contributed by atoms with Crippen LogP contribution in [-0.2, 0) is 17.9 Å². The van der Waals surface area contributed by atoms with Crippen LogP contribution in [0.2, 0.25) is 5.02 Å². The fourth-order valence-electron chi connectivity index (χ4n) is 2.84. The van der Waals surface area contributed by atoms with Gasteiger partial charge >= 0.3 is 0 Å². The summed E-state index contributed by atoms with van der Waals surface area (Å²) in [6, 6.07) is 15.1. The summed E-state index contributed by atoms with van der Waals surface area (Å²) in [5.41, 5.74) is 1.29. The first-order valence-electron chi connectivity index (χ1n) is 8.91. The van der Waals surface area contributed by atoms with Crippen molar-refractivity contribution in [3.8, 4) is 5.75 Å². The highest BCUT2D eigenvalue weighted by Gasteiger charge is 2.24. The minimum absolute atomic E-state index is 0.111. The molecule has 6 heteroatoms. The van der Waals surface area contributed by atoms with Gasteiger partial charge in [-0.3, -0.25) is 4.79 Å². The smallest absolute Gasteiger partial charge is 0.264 e. The highest BCUT2D eigenvalue weighted by atomic mass is 35.5. The Morgan fingerprint density at radius 2 is 1.96 bits per heavy atom. The molecular weight excluding hydrogens is 381 g/mol. The lowest BCUT2D eigenvalue weighted by molar-refractivity contribution is -0.139. The third kappa shape index (κ3) is 4.93. The number of aryl methyl sites for hydroxylation is 1. The average molecular weight is 402 g/mol. The normalized spacial score (nSPS) is 11.9. The second kappa shape index (κ2) is 8.93. The maximum atomic E-state index is 14.1. The topological polar surface area (TPSA) is 42.7 Å². The molecule has 0 spiro atoms. The Kier molecular flexibility index (Phi) is 6.37. The largest absolute Gasteiger partial charge is 0.481 e. The summed E-state index contributed by atoms with van der Waals surface area (Å²) in [5.74, 6) is 0.528. The maximum absolute atomic E-state index is 14.1. The molecule has 28 heavy (non-hydrogen) atoms. The van der Waals surface area contributed by atoms with Crippen molar-refractivity contribution in [2.45, 2.75) is 33.0 Å². The number of furan rings is 1. The van der Waals surface area contributed by atoms with Gasteiger partial charge in [-0.05, 0) is 55.8 Å². The third-order valence-electron chi connectivity index (χ3n) is 4.35. The van der Waals surface area contributed by atoms with Gasteiger partial charge in [0.15, 0.2) is 6.10 Å². The van der Waals surface area contributed by atoms with Crippen LogP contribution in [0, 0.1) is 12.7 Å². The third-order valence-corrected chi connectivity index (χ3v) is 4.77. The first kappa shape index (κ1) is 20.0. The number of hydrogen-bond acceptors (Lipinski definition) is 3. The Balaban J connectivity index is 1.78. The Morgan fingerprint density at radius 3 is 2.64 bits per heavy atom. The van der Waals surface area contributed by atoms with Crippen LogP contribution in [0.15, 0.2) is 65.3 Å². The van der Waals surface area contributed by atoms with Crippen molar-refractivity contribution in [2.24, 2.45) is 0 Å². The average Bonchev–Trinajstić information content (AvgIpc) is 3.18. The number of carbonyl (C=O) groups excluding carboxylic acids is 1. The van der Waals surface area contributed by atoms with E-state index in [1.807, 2.05) is 6.92 Å². The fourth-order valence-corrected chi connectivity index (χ4v) is 2.95. The second-order valence-electron chi connectivity index (χ2n) is 6.54. The van der Waals surface area contributed by atoms with Crippen LogP contribution >= 0.6 is 11.6 Å². The summed E-state index contributed by atoms with van der Waals surface area (Å²) in [6.45, 7) is 3.86. The molecule has 3 aromatic rings. The maximum Gasteiger partial charge on any atom is 0.264 e. The molecule has 1 unspecified atom stereocenters. The van der Waals surface area contributed by atoms with Gasteiger partial charge in [0.25, 0.3) is 5.91 Å². The van der Waals surface area contributed by atoms with E-state index in [1.165, 1.54) is 17.2 Å². The highest BCUT2D eigenvalue weighted by molar-refractivity contribution is 6.31. The molecule has 0 aliphatic carbocycles. The van der Waals surface area contributed by atoms with Crippen molar-refractivity contribution in [1.29, 1.82) is 0 Å². The summed E-state index contributed by atoms with van der Waals surface area (Å²) >= 11 is 6.04. The van der Waals surface area contributed by atoms with Crippen molar-refractivity contribution < 1.29 is 18.3 Å². The van der Waals surface area contributed by atoms with Crippen molar-refractivity contribution in [3.05, 3.63) is 88.6 Å². The van der Waals surface area contributed by atoms with E-state index in [-0.39, 0.29) is 24.8 Å². The van der Waals surface area contributed by atoms with Gasteiger partial charge in [0.1, 0.15) is 17.3 Å². The van der Waals surface area contributed by atoms with Gasteiger partial charge in [0.05, 0.1) is 12.8 Å². The highest BCUT2D eigenvalue weighted by Crippen LogP contribution is 2.23. The minimum Gasteiger partial charge on any atom is -0.481 e. The standard InChI is InChI=1S/C22H21ClFNO3/c1-15-12-18(9-10-20(15)23)28-16(2)22(26)25(14-19-7-5-11-27-19)13-17-6-3-4-8-21(17)24/h3-12,16H,13-14H2,1-2H3. The minimum atomic E-state index is -0.762. The first-order chi connectivity index (χ1) is 13.4. The molecule has 0 fully saturated rings. The zero-order valence-electron chi connectivity index (χ0n) is 15.7. The predicted molar refractivity (Wildman–Crippen MR) is 106 cm³/mol. The van der Waals surface area contributed by atoms with E-state index < -0.39 is 6.10 Å². The van der Waals surface area contributed by atoms with Crippen LogP contribution in [0.1, 0.15) is 23.8 Å². The van der Waals surface area contributed by atoms with Crippen molar-refractivity contribution in [2.75, 3.05) is 0 Å². The number of carbonyl (C=O) groups is 1. The lowest BCUT2D eigenvalue weighted by Crippen LogP contribution is -2.39. The van der Waals surface area contributed by atoms with Crippen LogP contribution in [0.25, 0.3) is 0 Å². The predicted octanol–water partition coefficient (Wildman–Crippen LogP) is 5.38. The summed E-state index contributed by atoms with van der Waals surface area (Å²) in [5, 5.41) is 0.630. The molecule has 1 heterocycles. The molecule has 2 aromatic carbocycles. The SMILES string of the molecule is Cc1cc(OC(C)C(=O)N(Cc2ccco2)Cc2ccccc2F)ccc1Cl. The van der Waals surface area contributed by atoms with Gasteiger partial charge in [-0.15, -0.1) is 0 Å². The molecule has 0 aliphatic heterocycles. The molecule has 0 saturated carbocycles. The summed E-state index contributed by atoms with van der Waals surface area (Å²) < 4.78 is 25.3. The van der Waals surface area contributed by atoms with Gasteiger partial charge in [-0.25, -0.2) is 4.39 Å². The molecule has 1 amide bonds. The summed E-state index contributed by atoms with van der Waals surface area (Å²) in [4.78, 5) is 14.6. The number of ether oxygens (including phenoxy) is 1. The van der Waals surface area contributed by atoms with Gasteiger partial charge in [0, 0.05) is 17.1 Å². The van der Waals surface area contributed by atoms with Crippen molar-refractivity contribution >= 4 is 17.5 Å². The van der Waals surface area contributed by atoms with Crippen LogP contribution in [0.4, 0.5) is 4.39 Å². The number of nitrogens with zero attached hydrogens (tertiary/aromatic N) is 1. The van der Waals surface area contributed by atoms with Crippen LogP contribution in [0.5, 0.6) is 5.75 Å². The van der Waals surface area contributed by atoms with Crippen LogP contribution in [0.3, 0.4) is 0 Å². The molecule has 0 aliphatic rings. The molecule has 0 saturated heterocycles. The molecule has 0 N–H and O–H groups in total. The summed E-state index contributed by atoms with van der Waals surface area (Å²) in [7, 11) is 0. The molecule has 4 nitrogen and oxygen atoms in total. The zero-order valence-corrected chi connectivity index (χ0v) is 16.4. The summed E-state index contributed by atoms with van der Waals surface area (Å²) in [6.07, 6.45) is 0.777. The number of halogens is 2. The van der Waals surface area contributed by atoms with E-state index in [1.54, 1.807) is 55.5 Å². The lowest BCUT2D eigenvalue weighted by Gasteiger charge is -2.26. The number of rotatable bonds is 7. The quantitative estimate of drug-likeness (QED) is 0.534. The first-order valence-corrected chi connectivity index (χ1v) is 9.29. The Bertz CT molecular complexity index is 943. The second-order valence-corrected chi connectivity index (χ2v) is 6.94. The molecule has 0 bridgehead atoms. The molecule has 1 atom stereocenters. The Hall–Kier alpha value is -2.79. The van der Waals surface area contributed by atoms with Gasteiger partial charge in [-0.2, -0.15) is 0 Å². The number of benzene rings is 2. The molecular formula is C22H21ClFNO3. The van der Waals surface area contributed by atoms with Gasteiger partial charge < -0.3 is 14.1 Å². The molecule has 146 valence electrons. The van der Waals surface area contributed by atoms with E-state index in [9.17, 15) is 9.18 Å². The fraction of sp³-hybridized carbons (Fsp3) is 0.227. The van der Waals surface area contributed by atoms with Crippen LogP contribution < -0.4 is 4.74 Å². The van der Waals surface area contributed by atoms with E-state index >= 15 is 0 Å². The Labute approximate surface area is 168 Å². The van der Waals surface area contributed by atoms with Crippen LogP contribution in [-0.4, -0.2) is 16.9 Å². The number of amides is 1. The van der Waals surface area contributed by atoms with E-state index in [2.05, 4.69) is 0 Å². The molecule has 3 rings (SSSR count). The van der Waals surface area contributed by atoms with Crippen molar-refractivity contribution in [1.82, 2.24) is 4.90 Å². The van der Waals surface area contributed by atoms with E-state index in [4.69, 9.17) is 20.8 Å². The van der Waals surface area contributed by atoms with Gasteiger partial charge in [-0.1, -0.05) is 29.8 Å². The van der Waals surface area contributed by atoms with E-state index in [0.717, 1.165) is 5.56 Å². The van der Waals surface area contributed by atoms with E-state index in [0.29, 0.717) is 22.1 Å². The number of hydrogen-bond donors (Lipinski definition) is 0. The monoisotopic (exact) mass is 401 g/mol. The Morgan fingerprint density at radius 1 is 1.18 bits per heavy atom. The molecule has 1 aromatic heterocycles. The molecule has 0 radical (unpaired) electrons. The lowest BCUT2D eigenvalue weighted by atomic mass is 10.2. The zero-order chi connectivity index (χ0) is 20.1. The van der Waals surface area contributed by atoms with Gasteiger partial charge in [0.2, 0.25) is 0 Å².